The van der Waals surface area contributed by atoms with Crippen molar-refractivity contribution in [1.82, 2.24) is 24.8 Å². The molecule has 7 nitrogen and oxygen atoms in total. The third-order valence-electron chi connectivity index (χ3n) is 5.17. The molecular weight excluding hydrogens is 330 g/mol. The van der Waals surface area contributed by atoms with Crippen LogP contribution in [0.2, 0.25) is 0 Å². The Hall–Kier alpha value is -2.70. The van der Waals surface area contributed by atoms with Crippen LogP contribution in [-0.2, 0) is 23.2 Å². The second kappa shape index (κ2) is 7.27. The van der Waals surface area contributed by atoms with Crippen LogP contribution in [0.4, 0.5) is 0 Å². The number of carbonyl (C=O) groups excluding carboxylic acids is 2. The first kappa shape index (κ1) is 18.1. The lowest BCUT2D eigenvalue weighted by Gasteiger charge is -2.37. The molecule has 0 saturated carbocycles. The van der Waals surface area contributed by atoms with Crippen LogP contribution in [0.3, 0.4) is 0 Å². The van der Waals surface area contributed by atoms with Gasteiger partial charge in [-0.15, -0.1) is 0 Å². The van der Waals surface area contributed by atoms with Crippen molar-refractivity contribution in [3.8, 4) is 0 Å². The number of pyridine rings is 1. The molecule has 1 N–H and O–H groups in total. The van der Waals surface area contributed by atoms with E-state index in [1.54, 1.807) is 18.1 Å². The fraction of sp³-hybridized carbons (Fsp3) is 0.474. The number of piperidine rings is 1. The lowest BCUT2D eigenvalue weighted by molar-refractivity contribution is -0.142. The Bertz CT molecular complexity index is 829. The molecule has 26 heavy (non-hydrogen) atoms. The first-order valence-corrected chi connectivity index (χ1v) is 8.82. The fourth-order valence-electron chi connectivity index (χ4n) is 3.42. The number of imidazole rings is 1. The van der Waals surface area contributed by atoms with Gasteiger partial charge in [-0.1, -0.05) is 6.07 Å². The Morgan fingerprint density at radius 3 is 2.73 bits per heavy atom. The van der Waals surface area contributed by atoms with Gasteiger partial charge in [0.2, 0.25) is 11.8 Å². The number of nitrogens with zero attached hydrogens (tertiary/aromatic N) is 4. The van der Waals surface area contributed by atoms with E-state index in [1.165, 1.54) is 0 Å². The monoisotopic (exact) mass is 355 g/mol. The number of nitrogens with one attached hydrogen (secondary N) is 1. The van der Waals surface area contributed by atoms with Crippen LogP contribution in [0.25, 0.3) is 0 Å². The van der Waals surface area contributed by atoms with Gasteiger partial charge in [0.05, 0.1) is 18.2 Å². The van der Waals surface area contributed by atoms with Crippen molar-refractivity contribution in [2.75, 3.05) is 7.05 Å². The van der Waals surface area contributed by atoms with Gasteiger partial charge in [0, 0.05) is 38.6 Å². The highest BCUT2D eigenvalue weighted by molar-refractivity contribution is 5.84. The topological polar surface area (TPSA) is 80.1 Å². The molecular formula is C19H25N5O2. The van der Waals surface area contributed by atoms with Crippen LogP contribution in [0.5, 0.6) is 0 Å². The van der Waals surface area contributed by atoms with E-state index in [-0.39, 0.29) is 23.8 Å². The summed E-state index contributed by atoms with van der Waals surface area (Å²) < 4.78 is 1.87. The van der Waals surface area contributed by atoms with Gasteiger partial charge in [-0.05, 0) is 31.9 Å². The van der Waals surface area contributed by atoms with Crippen molar-refractivity contribution >= 4 is 11.8 Å². The summed E-state index contributed by atoms with van der Waals surface area (Å²) in [6.07, 6.45) is 4.41. The van der Waals surface area contributed by atoms with Gasteiger partial charge in [-0.2, -0.15) is 0 Å². The van der Waals surface area contributed by atoms with E-state index in [1.807, 2.05) is 43.8 Å². The van der Waals surface area contributed by atoms with Crippen molar-refractivity contribution in [3.63, 3.8) is 0 Å². The molecule has 3 rings (SSSR count). The molecule has 1 saturated heterocycles. The van der Waals surface area contributed by atoms with Crippen molar-refractivity contribution in [2.45, 2.75) is 39.3 Å². The Labute approximate surface area is 153 Å². The van der Waals surface area contributed by atoms with E-state index < -0.39 is 0 Å². The smallest absolute Gasteiger partial charge is 0.226 e. The Kier molecular flexibility index (Phi) is 5.06. The number of likely N-dealkylation sites (tertiary alicyclic amines) is 1. The normalized spacial score (nSPS) is 20.3. The Morgan fingerprint density at radius 1 is 1.31 bits per heavy atom. The van der Waals surface area contributed by atoms with Crippen molar-refractivity contribution < 1.29 is 9.59 Å². The molecule has 2 atom stereocenters. The lowest BCUT2D eigenvalue weighted by atomic mass is 9.87. The SMILES string of the molecule is Cc1ccc(CNC(=O)[C@H]2CCC(=O)N(C)[C@@H]2c2nccn2C)nc1C. The van der Waals surface area contributed by atoms with Crippen LogP contribution in [0, 0.1) is 19.8 Å². The molecule has 2 aromatic heterocycles. The first-order valence-electron chi connectivity index (χ1n) is 8.82. The number of amides is 2. The molecule has 3 heterocycles. The molecule has 138 valence electrons. The molecule has 2 amide bonds. The fourth-order valence-corrected chi connectivity index (χ4v) is 3.42. The van der Waals surface area contributed by atoms with E-state index in [9.17, 15) is 9.59 Å². The molecule has 0 radical (unpaired) electrons. The summed E-state index contributed by atoms with van der Waals surface area (Å²) >= 11 is 0. The lowest BCUT2D eigenvalue weighted by Crippen LogP contribution is -2.47. The standard InChI is InChI=1S/C19H25N5O2/c1-12-5-6-14(22-13(12)2)11-21-19(26)15-7-8-16(25)24(4)17(15)18-20-9-10-23(18)3/h5-6,9-10,15,17H,7-8,11H2,1-4H3,(H,21,26)/t15-,17-/m0/s1. The van der Waals surface area contributed by atoms with E-state index in [0.29, 0.717) is 19.4 Å². The summed E-state index contributed by atoms with van der Waals surface area (Å²) in [5.74, 6) is 0.366. The largest absolute Gasteiger partial charge is 0.350 e. The minimum Gasteiger partial charge on any atom is -0.350 e. The number of aromatic nitrogens is 3. The van der Waals surface area contributed by atoms with E-state index in [0.717, 1.165) is 22.8 Å². The van der Waals surface area contributed by atoms with Crippen LogP contribution >= 0.6 is 0 Å². The summed E-state index contributed by atoms with van der Waals surface area (Å²) in [4.78, 5) is 35.6. The minimum absolute atomic E-state index is 0.0397. The maximum absolute atomic E-state index is 12.9. The number of aryl methyl sites for hydroxylation is 3. The molecule has 0 unspecified atom stereocenters. The summed E-state index contributed by atoms with van der Waals surface area (Å²) in [6, 6.07) is 3.58. The Balaban J connectivity index is 1.76. The predicted molar refractivity (Wildman–Crippen MR) is 97.0 cm³/mol. The quantitative estimate of drug-likeness (QED) is 0.904. The van der Waals surface area contributed by atoms with Crippen LogP contribution < -0.4 is 5.32 Å². The number of hydrogen-bond acceptors (Lipinski definition) is 4. The Morgan fingerprint density at radius 2 is 2.08 bits per heavy atom. The number of hydrogen-bond donors (Lipinski definition) is 1. The van der Waals surface area contributed by atoms with E-state index >= 15 is 0 Å². The molecule has 0 bridgehead atoms. The molecule has 7 heteroatoms. The average molecular weight is 355 g/mol. The third kappa shape index (κ3) is 3.47. The van der Waals surface area contributed by atoms with Crippen LogP contribution in [0.15, 0.2) is 24.5 Å². The molecule has 2 aromatic rings. The van der Waals surface area contributed by atoms with Gasteiger partial charge < -0.3 is 14.8 Å². The summed E-state index contributed by atoms with van der Waals surface area (Å²) in [5, 5.41) is 2.99. The minimum atomic E-state index is -0.357. The van der Waals surface area contributed by atoms with Gasteiger partial charge >= 0.3 is 0 Å². The van der Waals surface area contributed by atoms with Crippen molar-refractivity contribution in [3.05, 3.63) is 47.3 Å². The maximum atomic E-state index is 12.9. The van der Waals surface area contributed by atoms with E-state index in [4.69, 9.17) is 0 Å². The molecule has 1 aliphatic heterocycles. The van der Waals surface area contributed by atoms with Gasteiger partial charge in [0.25, 0.3) is 0 Å². The van der Waals surface area contributed by atoms with Gasteiger partial charge in [0.15, 0.2) is 0 Å². The molecule has 0 spiro atoms. The molecule has 0 aliphatic carbocycles. The van der Waals surface area contributed by atoms with Crippen LogP contribution in [-0.4, -0.2) is 38.3 Å². The summed E-state index contributed by atoms with van der Waals surface area (Å²) in [7, 11) is 3.62. The second-order valence-electron chi connectivity index (χ2n) is 6.91. The highest BCUT2D eigenvalue weighted by atomic mass is 16.2. The average Bonchev–Trinajstić information content (AvgIpc) is 3.03. The summed E-state index contributed by atoms with van der Waals surface area (Å²) in [5.41, 5.74) is 2.92. The highest BCUT2D eigenvalue weighted by Crippen LogP contribution is 2.34. The second-order valence-corrected chi connectivity index (χ2v) is 6.91. The van der Waals surface area contributed by atoms with Crippen molar-refractivity contribution in [2.24, 2.45) is 13.0 Å². The summed E-state index contributed by atoms with van der Waals surface area (Å²) in [6.45, 7) is 4.35. The zero-order valence-corrected chi connectivity index (χ0v) is 15.7. The van der Waals surface area contributed by atoms with E-state index in [2.05, 4.69) is 15.3 Å². The third-order valence-corrected chi connectivity index (χ3v) is 5.17. The molecule has 0 aromatic carbocycles. The predicted octanol–water partition coefficient (Wildman–Crippen LogP) is 1.66. The van der Waals surface area contributed by atoms with Gasteiger partial charge in [-0.25, -0.2) is 4.98 Å². The zero-order valence-electron chi connectivity index (χ0n) is 15.7. The van der Waals surface area contributed by atoms with Gasteiger partial charge in [-0.3, -0.25) is 14.6 Å². The maximum Gasteiger partial charge on any atom is 0.226 e. The number of rotatable bonds is 4. The van der Waals surface area contributed by atoms with Gasteiger partial charge in [0.1, 0.15) is 11.9 Å². The van der Waals surface area contributed by atoms with Crippen LogP contribution in [0.1, 0.15) is 41.7 Å². The first-order chi connectivity index (χ1) is 12.4. The zero-order chi connectivity index (χ0) is 18.8. The molecule has 1 fully saturated rings. The number of carbonyl (C=O) groups is 2. The molecule has 1 aliphatic rings. The van der Waals surface area contributed by atoms with Crippen molar-refractivity contribution in [1.29, 1.82) is 0 Å². The highest BCUT2D eigenvalue weighted by Gasteiger charge is 2.40.